The highest BCUT2D eigenvalue weighted by Crippen LogP contribution is 2.20. The first kappa shape index (κ1) is 27.5. The third kappa shape index (κ3) is 7.65. The Labute approximate surface area is 201 Å². The van der Waals surface area contributed by atoms with Crippen molar-refractivity contribution in [3.05, 3.63) is 29.8 Å². The summed E-state index contributed by atoms with van der Waals surface area (Å²) in [6.45, 7) is 1.42. The summed E-state index contributed by atoms with van der Waals surface area (Å²) < 4.78 is 0. The monoisotopic (exact) mass is 493 g/mol. The minimum Gasteiger partial charge on any atom is -0.508 e. The largest absolute Gasteiger partial charge is 0.508 e. The molecular formula is C22H31N5O8. The molecule has 0 spiro atoms. The number of hydrogen-bond donors (Lipinski definition) is 7. The van der Waals surface area contributed by atoms with Crippen molar-refractivity contribution in [3.8, 4) is 5.75 Å². The fraction of sp³-hybridized carbons (Fsp3) is 0.500. The van der Waals surface area contributed by atoms with Crippen molar-refractivity contribution in [3.63, 3.8) is 0 Å². The number of carboxylic acid groups (broad SMARTS) is 1. The molecule has 1 saturated heterocycles. The molecule has 0 aromatic heterocycles. The lowest BCUT2D eigenvalue weighted by Crippen LogP contribution is -2.58. The molecule has 1 aliphatic rings. The third-order valence-electron chi connectivity index (χ3n) is 5.63. The molecule has 192 valence electrons. The highest BCUT2D eigenvalue weighted by atomic mass is 16.4. The van der Waals surface area contributed by atoms with Crippen LogP contribution in [0.4, 0.5) is 0 Å². The number of nitrogens with zero attached hydrogens (tertiary/aromatic N) is 1. The number of nitrogens with two attached hydrogens (primary N) is 2. The maximum atomic E-state index is 13.1. The lowest BCUT2D eigenvalue weighted by Gasteiger charge is -2.28. The molecular weight excluding hydrogens is 462 g/mol. The van der Waals surface area contributed by atoms with Gasteiger partial charge in [-0.2, -0.15) is 0 Å². The van der Waals surface area contributed by atoms with E-state index in [2.05, 4.69) is 10.6 Å². The fourth-order valence-electron chi connectivity index (χ4n) is 3.81. The summed E-state index contributed by atoms with van der Waals surface area (Å²) in [4.78, 5) is 62.4. The summed E-state index contributed by atoms with van der Waals surface area (Å²) in [6.07, 6.45) is -1.07. The predicted molar refractivity (Wildman–Crippen MR) is 122 cm³/mol. The lowest BCUT2D eigenvalue weighted by molar-refractivity contribution is -0.145. The average molecular weight is 494 g/mol. The summed E-state index contributed by atoms with van der Waals surface area (Å²) in [6, 6.07) is 0.794. The third-order valence-corrected chi connectivity index (χ3v) is 5.63. The van der Waals surface area contributed by atoms with Crippen LogP contribution < -0.4 is 22.1 Å². The maximum absolute atomic E-state index is 13.1. The molecule has 9 N–H and O–H groups in total. The number of rotatable bonds is 11. The molecule has 5 unspecified atom stereocenters. The van der Waals surface area contributed by atoms with Gasteiger partial charge in [0.1, 0.15) is 17.8 Å². The Bertz CT molecular complexity index is 952. The molecule has 0 radical (unpaired) electrons. The van der Waals surface area contributed by atoms with E-state index in [0.717, 1.165) is 0 Å². The molecule has 35 heavy (non-hydrogen) atoms. The Hall–Kier alpha value is -3.71. The van der Waals surface area contributed by atoms with E-state index < -0.39 is 59.9 Å². The van der Waals surface area contributed by atoms with E-state index in [1.165, 1.54) is 36.1 Å². The van der Waals surface area contributed by atoms with Crippen molar-refractivity contribution < 1.29 is 39.3 Å². The molecule has 1 aliphatic heterocycles. The van der Waals surface area contributed by atoms with E-state index in [1.807, 2.05) is 0 Å². The van der Waals surface area contributed by atoms with Gasteiger partial charge in [0.15, 0.2) is 6.04 Å². The van der Waals surface area contributed by atoms with Crippen LogP contribution in [0.3, 0.4) is 0 Å². The van der Waals surface area contributed by atoms with Crippen molar-refractivity contribution >= 4 is 29.6 Å². The number of benzene rings is 1. The van der Waals surface area contributed by atoms with E-state index in [4.69, 9.17) is 11.5 Å². The van der Waals surface area contributed by atoms with Gasteiger partial charge in [-0.3, -0.25) is 19.2 Å². The molecule has 13 nitrogen and oxygen atoms in total. The van der Waals surface area contributed by atoms with Gasteiger partial charge in [0.2, 0.25) is 23.6 Å². The topological polar surface area (TPSA) is 225 Å². The van der Waals surface area contributed by atoms with Gasteiger partial charge in [-0.1, -0.05) is 12.1 Å². The zero-order chi connectivity index (χ0) is 26.3. The second-order valence-electron chi connectivity index (χ2n) is 8.46. The van der Waals surface area contributed by atoms with Crippen molar-refractivity contribution in [2.75, 3.05) is 6.54 Å². The smallest absolute Gasteiger partial charge is 0.328 e. The number of hydrogen-bond acceptors (Lipinski definition) is 8. The molecule has 1 aromatic carbocycles. The number of aliphatic carboxylic acids is 1. The standard InChI is InChI=1S/C22H31N5O8/c1-11(28)18(22(34)35)26-19(31)15(9-12-4-6-13(29)7-5-12)25-20(32)16-3-2-8-27(16)21(33)14(23)10-17(24)30/h4-7,11,14-16,18,28-29H,2-3,8-10,23H2,1H3,(H2,24,30)(H,25,32)(H,26,31)(H,34,35). The molecule has 1 fully saturated rings. The van der Waals surface area contributed by atoms with Crippen LogP contribution in [0.5, 0.6) is 5.75 Å². The fourth-order valence-corrected chi connectivity index (χ4v) is 3.81. The van der Waals surface area contributed by atoms with Crippen LogP contribution in [0.25, 0.3) is 0 Å². The first-order valence-corrected chi connectivity index (χ1v) is 11.0. The Morgan fingerprint density at radius 3 is 2.31 bits per heavy atom. The van der Waals surface area contributed by atoms with Crippen LogP contribution in [0.1, 0.15) is 31.7 Å². The van der Waals surface area contributed by atoms with Crippen LogP contribution in [0, 0.1) is 0 Å². The molecule has 2 rings (SSSR count). The first-order valence-electron chi connectivity index (χ1n) is 11.0. The van der Waals surface area contributed by atoms with Crippen LogP contribution in [0.2, 0.25) is 0 Å². The van der Waals surface area contributed by atoms with Gasteiger partial charge in [0, 0.05) is 13.0 Å². The minimum absolute atomic E-state index is 0.00811. The van der Waals surface area contributed by atoms with Crippen LogP contribution in [-0.2, 0) is 30.4 Å². The first-order chi connectivity index (χ1) is 16.4. The zero-order valence-electron chi connectivity index (χ0n) is 19.2. The van der Waals surface area contributed by atoms with Crippen molar-refractivity contribution in [2.45, 2.75) is 62.9 Å². The summed E-state index contributed by atoms with van der Waals surface area (Å²) in [5.74, 6) is -4.37. The SMILES string of the molecule is CC(O)C(NC(=O)C(Cc1ccc(O)cc1)NC(=O)C1CCCN1C(=O)C(N)CC(N)=O)C(=O)O. The molecule has 0 saturated carbocycles. The molecule has 1 heterocycles. The summed E-state index contributed by atoms with van der Waals surface area (Å²) in [5, 5.41) is 33.2. The van der Waals surface area contributed by atoms with Crippen LogP contribution in [0.15, 0.2) is 24.3 Å². The minimum atomic E-state index is -1.61. The number of aromatic hydroxyl groups is 1. The number of carboxylic acids is 1. The Morgan fingerprint density at radius 2 is 1.77 bits per heavy atom. The second-order valence-corrected chi connectivity index (χ2v) is 8.46. The number of nitrogens with one attached hydrogen (secondary N) is 2. The van der Waals surface area contributed by atoms with E-state index >= 15 is 0 Å². The maximum Gasteiger partial charge on any atom is 0.328 e. The number of primary amides is 1. The highest BCUT2D eigenvalue weighted by Gasteiger charge is 2.38. The van der Waals surface area contributed by atoms with Crippen molar-refractivity contribution in [2.24, 2.45) is 11.5 Å². The molecule has 5 atom stereocenters. The lowest BCUT2D eigenvalue weighted by atomic mass is 10.0. The molecule has 1 aromatic rings. The van der Waals surface area contributed by atoms with Crippen LogP contribution >= 0.6 is 0 Å². The van der Waals surface area contributed by atoms with Crippen molar-refractivity contribution in [1.82, 2.24) is 15.5 Å². The summed E-state index contributed by atoms with van der Waals surface area (Å²) >= 11 is 0. The van der Waals surface area contributed by atoms with Crippen molar-refractivity contribution in [1.29, 1.82) is 0 Å². The Kier molecular flexibility index (Phi) is 9.54. The quantitative estimate of drug-likeness (QED) is 0.174. The molecule has 13 heteroatoms. The normalized spacial score (nSPS) is 18.7. The highest BCUT2D eigenvalue weighted by molar-refractivity contribution is 5.95. The van der Waals surface area contributed by atoms with Gasteiger partial charge in [0.25, 0.3) is 0 Å². The summed E-state index contributed by atoms with van der Waals surface area (Å²) in [7, 11) is 0. The van der Waals surface area contributed by atoms with E-state index in [0.29, 0.717) is 18.4 Å². The van der Waals surface area contributed by atoms with Gasteiger partial charge in [-0.15, -0.1) is 0 Å². The number of aliphatic hydroxyl groups excluding tert-OH is 1. The van der Waals surface area contributed by atoms with Gasteiger partial charge in [-0.25, -0.2) is 4.79 Å². The Balaban J connectivity index is 2.22. The van der Waals surface area contributed by atoms with Gasteiger partial charge < -0.3 is 42.3 Å². The van der Waals surface area contributed by atoms with E-state index in [-0.39, 0.29) is 25.1 Å². The number of phenols is 1. The number of carbonyl (C=O) groups excluding carboxylic acids is 4. The predicted octanol–water partition coefficient (Wildman–Crippen LogP) is -2.44. The van der Waals surface area contributed by atoms with Crippen LogP contribution in [-0.4, -0.2) is 86.6 Å². The van der Waals surface area contributed by atoms with Gasteiger partial charge >= 0.3 is 5.97 Å². The number of aliphatic hydroxyl groups is 1. The number of phenolic OH excluding ortho intramolecular Hbond substituents is 1. The van der Waals surface area contributed by atoms with Gasteiger partial charge in [-0.05, 0) is 37.5 Å². The van der Waals surface area contributed by atoms with E-state index in [1.54, 1.807) is 0 Å². The molecule has 0 aliphatic carbocycles. The molecule has 4 amide bonds. The van der Waals surface area contributed by atoms with E-state index in [9.17, 15) is 39.3 Å². The summed E-state index contributed by atoms with van der Waals surface area (Å²) in [5.41, 5.74) is 11.4. The Morgan fingerprint density at radius 1 is 1.14 bits per heavy atom. The number of carbonyl (C=O) groups is 5. The second kappa shape index (κ2) is 12.1. The zero-order valence-corrected chi connectivity index (χ0v) is 19.2. The average Bonchev–Trinajstić information content (AvgIpc) is 3.26. The number of amides is 4. The van der Waals surface area contributed by atoms with Gasteiger partial charge in [0.05, 0.1) is 18.6 Å². The number of likely N-dealkylation sites (tertiary alicyclic amines) is 1. The molecule has 0 bridgehead atoms.